The average Bonchev–Trinajstić information content (AvgIpc) is 3.33. The van der Waals surface area contributed by atoms with Crippen molar-refractivity contribution >= 4 is 32.7 Å². The van der Waals surface area contributed by atoms with Crippen molar-refractivity contribution in [3.05, 3.63) is 70.4 Å². The number of benzene rings is 2. The highest BCUT2D eigenvalue weighted by molar-refractivity contribution is 9.10. The van der Waals surface area contributed by atoms with Crippen molar-refractivity contribution in [2.45, 2.75) is 6.04 Å². The number of carbonyl (C=O) groups is 1. The number of hydrogen-bond acceptors (Lipinski definition) is 5. The first-order valence-corrected chi connectivity index (χ1v) is 9.12. The van der Waals surface area contributed by atoms with Crippen LogP contribution in [0.2, 0.25) is 0 Å². The first kappa shape index (κ1) is 18.3. The van der Waals surface area contributed by atoms with Crippen molar-refractivity contribution in [1.29, 1.82) is 0 Å². The second-order valence-corrected chi connectivity index (χ2v) is 6.98. The number of nitrogens with one attached hydrogen (secondary N) is 2. The van der Waals surface area contributed by atoms with E-state index in [0.29, 0.717) is 5.82 Å². The lowest BCUT2D eigenvalue weighted by Crippen LogP contribution is -2.31. The van der Waals surface area contributed by atoms with Crippen LogP contribution in [0.1, 0.15) is 22.3 Å². The third-order valence-electron chi connectivity index (χ3n) is 4.22. The smallest absolute Gasteiger partial charge is 0.251 e. The van der Waals surface area contributed by atoms with Crippen LogP contribution in [0.5, 0.6) is 0 Å². The minimum atomic E-state index is -0.893. The lowest BCUT2D eigenvalue weighted by Gasteiger charge is -2.12. The quantitative estimate of drug-likeness (QED) is 0.436. The molecule has 0 aliphatic rings. The molecular formula is C19H14BrFN4O3. The summed E-state index contributed by atoms with van der Waals surface area (Å²) >= 11 is 3.44. The van der Waals surface area contributed by atoms with Gasteiger partial charge in [0.1, 0.15) is 11.9 Å². The van der Waals surface area contributed by atoms with Crippen LogP contribution >= 0.6 is 15.9 Å². The number of aliphatic hydroxyl groups excluding tert-OH is 1. The molecule has 0 saturated heterocycles. The van der Waals surface area contributed by atoms with E-state index in [0.717, 1.165) is 20.9 Å². The molecule has 142 valence electrons. The summed E-state index contributed by atoms with van der Waals surface area (Å²) in [7, 11) is 0. The normalized spacial score (nSPS) is 12.2. The highest BCUT2D eigenvalue weighted by Crippen LogP contribution is 2.29. The molecule has 0 saturated carbocycles. The number of halogens is 2. The number of H-pyrrole nitrogens is 1. The van der Waals surface area contributed by atoms with E-state index in [1.54, 1.807) is 6.20 Å². The van der Waals surface area contributed by atoms with Gasteiger partial charge in [0.2, 0.25) is 5.82 Å². The van der Waals surface area contributed by atoms with Crippen LogP contribution in [-0.2, 0) is 0 Å². The average molecular weight is 445 g/mol. The van der Waals surface area contributed by atoms with Crippen molar-refractivity contribution in [1.82, 2.24) is 20.4 Å². The third-order valence-corrected chi connectivity index (χ3v) is 4.71. The van der Waals surface area contributed by atoms with Gasteiger partial charge < -0.3 is 19.9 Å². The van der Waals surface area contributed by atoms with Crippen molar-refractivity contribution in [2.75, 3.05) is 6.61 Å². The van der Waals surface area contributed by atoms with Crippen LogP contribution in [0.25, 0.3) is 22.3 Å². The zero-order valence-electron chi connectivity index (χ0n) is 14.3. The van der Waals surface area contributed by atoms with Crippen LogP contribution in [0.4, 0.5) is 4.39 Å². The Morgan fingerprint density at radius 1 is 1.29 bits per heavy atom. The van der Waals surface area contributed by atoms with Gasteiger partial charge in [0, 0.05) is 32.7 Å². The fraction of sp³-hybridized carbons (Fsp3) is 0.105. The van der Waals surface area contributed by atoms with Crippen molar-refractivity contribution < 1.29 is 18.8 Å². The molecule has 0 spiro atoms. The minimum Gasteiger partial charge on any atom is -0.394 e. The standard InChI is InChI=1S/C19H14BrFN4O3/c20-11-3-6-15-13(7-11)14(8-22-15)17-24-19(28-25-17)16(9-26)23-18(27)10-1-4-12(21)5-2-10/h1-8,16,22,26H,9H2,(H,23,27)/t16-/m0/s1. The van der Waals surface area contributed by atoms with Gasteiger partial charge >= 0.3 is 0 Å². The topological polar surface area (TPSA) is 104 Å². The summed E-state index contributed by atoms with van der Waals surface area (Å²) in [5, 5.41) is 17.1. The first-order valence-electron chi connectivity index (χ1n) is 8.33. The number of aromatic amines is 1. The fourth-order valence-corrected chi connectivity index (χ4v) is 3.15. The predicted molar refractivity (Wildman–Crippen MR) is 103 cm³/mol. The minimum absolute atomic E-state index is 0.0670. The number of nitrogens with zero attached hydrogens (tertiary/aromatic N) is 2. The van der Waals surface area contributed by atoms with Gasteiger partial charge in [-0.15, -0.1) is 0 Å². The number of amides is 1. The van der Waals surface area contributed by atoms with Gasteiger partial charge in [-0.25, -0.2) is 4.39 Å². The largest absolute Gasteiger partial charge is 0.394 e. The van der Waals surface area contributed by atoms with Gasteiger partial charge in [0.25, 0.3) is 11.8 Å². The zero-order chi connectivity index (χ0) is 19.7. The number of hydrogen-bond donors (Lipinski definition) is 3. The molecule has 0 radical (unpaired) electrons. The van der Waals surface area contributed by atoms with E-state index in [4.69, 9.17) is 4.52 Å². The molecule has 2 heterocycles. The molecule has 28 heavy (non-hydrogen) atoms. The molecule has 2 aromatic heterocycles. The first-order chi connectivity index (χ1) is 13.5. The molecule has 9 heteroatoms. The van der Waals surface area contributed by atoms with E-state index in [1.165, 1.54) is 24.3 Å². The van der Waals surface area contributed by atoms with E-state index < -0.39 is 24.4 Å². The molecule has 7 nitrogen and oxygen atoms in total. The molecule has 2 aromatic carbocycles. The summed E-state index contributed by atoms with van der Waals surface area (Å²) in [6.07, 6.45) is 1.76. The number of aliphatic hydroxyl groups is 1. The summed E-state index contributed by atoms with van der Waals surface area (Å²) in [6, 6.07) is 9.93. The van der Waals surface area contributed by atoms with E-state index >= 15 is 0 Å². The molecule has 0 aliphatic heterocycles. The second-order valence-electron chi connectivity index (χ2n) is 6.06. The molecule has 4 aromatic rings. The monoisotopic (exact) mass is 444 g/mol. The molecule has 4 rings (SSSR count). The van der Waals surface area contributed by atoms with Crippen molar-refractivity contribution in [2.24, 2.45) is 0 Å². The Kier molecular flexibility index (Phi) is 4.93. The number of fused-ring (bicyclic) bond motifs is 1. The molecular weight excluding hydrogens is 431 g/mol. The number of aromatic nitrogens is 3. The Morgan fingerprint density at radius 3 is 2.82 bits per heavy atom. The van der Waals surface area contributed by atoms with Crippen LogP contribution in [0.3, 0.4) is 0 Å². The van der Waals surface area contributed by atoms with Crippen LogP contribution in [0, 0.1) is 5.82 Å². The summed E-state index contributed by atoms with van der Waals surface area (Å²) < 4.78 is 19.2. The zero-order valence-corrected chi connectivity index (χ0v) is 15.9. The van der Waals surface area contributed by atoms with Gasteiger partial charge in [-0.05, 0) is 42.5 Å². The Morgan fingerprint density at radius 2 is 2.07 bits per heavy atom. The Labute approximate surface area is 166 Å². The fourth-order valence-electron chi connectivity index (χ4n) is 2.79. The number of carbonyl (C=O) groups excluding carboxylic acids is 1. The van der Waals surface area contributed by atoms with E-state index in [-0.39, 0.29) is 11.5 Å². The molecule has 0 unspecified atom stereocenters. The van der Waals surface area contributed by atoms with Crippen molar-refractivity contribution in [3.8, 4) is 11.4 Å². The molecule has 0 bridgehead atoms. The molecule has 0 fully saturated rings. The molecule has 1 amide bonds. The van der Waals surface area contributed by atoms with Crippen LogP contribution in [-0.4, -0.2) is 32.7 Å². The summed E-state index contributed by atoms with van der Waals surface area (Å²) in [6.45, 7) is -0.437. The Bertz CT molecular complexity index is 1140. The van der Waals surface area contributed by atoms with Gasteiger partial charge in [-0.1, -0.05) is 21.1 Å². The SMILES string of the molecule is O=C(N[C@@H](CO)c1nc(-c2c[nH]c3ccc(Br)cc23)no1)c1ccc(F)cc1. The van der Waals surface area contributed by atoms with E-state index in [2.05, 4.69) is 36.4 Å². The predicted octanol–water partition coefficient (Wildman–Crippen LogP) is 3.58. The van der Waals surface area contributed by atoms with Crippen molar-refractivity contribution in [3.63, 3.8) is 0 Å². The van der Waals surface area contributed by atoms with E-state index in [9.17, 15) is 14.3 Å². The highest BCUT2D eigenvalue weighted by atomic mass is 79.9. The van der Waals surface area contributed by atoms with Gasteiger partial charge in [0.15, 0.2) is 0 Å². The van der Waals surface area contributed by atoms with E-state index in [1.807, 2.05) is 18.2 Å². The second kappa shape index (κ2) is 7.53. The third kappa shape index (κ3) is 3.54. The van der Waals surface area contributed by atoms with Gasteiger partial charge in [-0.3, -0.25) is 4.79 Å². The Balaban J connectivity index is 1.58. The maximum Gasteiger partial charge on any atom is 0.251 e. The summed E-state index contributed by atoms with van der Waals surface area (Å²) in [5.41, 5.74) is 1.89. The summed E-state index contributed by atoms with van der Waals surface area (Å²) in [4.78, 5) is 19.8. The lowest BCUT2D eigenvalue weighted by atomic mass is 10.1. The van der Waals surface area contributed by atoms with Gasteiger partial charge in [-0.2, -0.15) is 4.98 Å². The number of rotatable bonds is 5. The van der Waals surface area contributed by atoms with Crippen LogP contribution in [0.15, 0.2) is 57.7 Å². The lowest BCUT2D eigenvalue weighted by molar-refractivity contribution is 0.0901. The molecule has 3 N–H and O–H groups in total. The van der Waals surface area contributed by atoms with Crippen LogP contribution < -0.4 is 5.32 Å². The summed E-state index contributed by atoms with van der Waals surface area (Å²) in [5.74, 6) is -0.539. The highest BCUT2D eigenvalue weighted by Gasteiger charge is 2.22. The Hall–Kier alpha value is -3.04. The molecule has 1 atom stereocenters. The molecule has 0 aliphatic carbocycles. The maximum absolute atomic E-state index is 13.0. The maximum atomic E-state index is 13.0. The van der Waals surface area contributed by atoms with Gasteiger partial charge in [0.05, 0.1) is 6.61 Å².